The summed E-state index contributed by atoms with van der Waals surface area (Å²) < 4.78 is 0. The number of nitriles is 8. The highest BCUT2D eigenvalue weighted by molar-refractivity contribution is 5.65. The summed E-state index contributed by atoms with van der Waals surface area (Å²) in [5.74, 6) is 0. The second-order valence-corrected chi connectivity index (χ2v) is 22.0. The third-order valence-electron chi connectivity index (χ3n) is 14.2. The number of aryl methyl sites for hydroxylation is 8. The smallest absolute Gasteiger partial charge is 0.101 e. The summed E-state index contributed by atoms with van der Waals surface area (Å²) in [7, 11) is 0. The van der Waals surface area contributed by atoms with Crippen molar-refractivity contribution < 1.29 is 0 Å². The molecule has 0 fully saturated rings. The lowest BCUT2D eigenvalue weighted by Crippen LogP contribution is -1.90. The van der Waals surface area contributed by atoms with Crippen LogP contribution in [0.15, 0.2) is 297 Å². The van der Waals surface area contributed by atoms with E-state index in [2.05, 4.69) is 224 Å². The molecule has 0 aliphatic carbocycles. The van der Waals surface area contributed by atoms with Gasteiger partial charge in [0.15, 0.2) is 0 Å². The zero-order chi connectivity index (χ0) is 82.6. The van der Waals surface area contributed by atoms with Crippen LogP contribution in [0, 0.1) is 153 Å². The van der Waals surface area contributed by atoms with E-state index in [-0.39, 0.29) is 5.56 Å². The van der Waals surface area contributed by atoms with E-state index in [1.54, 1.807) is 38.1 Å². The Balaban J connectivity index is -0.00000115. The molecule has 0 radical (unpaired) electrons. The van der Waals surface area contributed by atoms with E-state index in [9.17, 15) is 0 Å². The Morgan fingerprint density at radius 2 is 0.394 bits per heavy atom. The SMILES string of the molecule is CC.CC.CC.CC.CC.CC.Cc1c(C#N)cc(C#N)cc1C#N.Cc1cc(C#N)cc(C#N)c1C#N.Cc1cc(C#N)ccc1C#N.Cc1ccc(-c2ccccc2)cc1.Cc1ccc(-c2ccccc2)cc1.Cc1ccc(-c2ccccc2)cc1.Cc1ccccc1.Cc1ccccc1.Cc1ccccc1. The van der Waals surface area contributed by atoms with Crippen LogP contribution >= 0.6 is 0 Å². The van der Waals surface area contributed by atoms with Gasteiger partial charge in [-0.2, -0.15) is 42.1 Å². The van der Waals surface area contributed by atoms with Crippen molar-refractivity contribution in [3.63, 3.8) is 0 Å². The molecule has 0 spiro atoms. The highest BCUT2D eigenvalue weighted by atomic mass is 14.3. The molecule has 0 N–H and O–H groups in total. The number of rotatable bonds is 3. The van der Waals surface area contributed by atoms with E-state index >= 15 is 0 Å². The van der Waals surface area contributed by atoms with Crippen molar-refractivity contribution in [3.8, 4) is 81.9 Å². The maximum atomic E-state index is 8.71. The molecule has 8 heteroatoms. The van der Waals surface area contributed by atoms with Gasteiger partial charge in [0.1, 0.15) is 12.1 Å². The van der Waals surface area contributed by atoms with E-state index < -0.39 is 0 Å². The van der Waals surface area contributed by atoms with Gasteiger partial charge in [-0.15, -0.1) is 0 Å². The molecule has 12 rings (SSSR count). The minimum absolute atomic E-state index is 0.263. The first-order valence-electron chi connectivity index (χ1n) is 37.0. The second kappa shape index (κ2) is 65.3. The molecular formula is C101H112N8. The Morgan fingerprint density at radius 1 is 0.174 bits per heavy atom. The first kappa shape index (κ1) is 99.7. The van der Waals surface area contributed by atoms with Crippen LogP contribution in [0.1, 0.15) is 178 Å². The van der Waals surface area contributed by atoms with Crippen molar-refractivity contribution >= 4 is 0 Å². The molecule has 0 unspecified atom stereocenters. The summed E-state index contributed by atoms with van der Waals surface area (Å²) in [4.78, 5) is 0. The van der Waals surface area contributed by atoms with Crippen molar-refractivity contribution in [2.45, 2.75) is 145 Å². The molecule has 0 aliphatic rings. The van der Waals surface area contributed by atoms with Crippen LogP contribution in [0.25, 0.3) is 33.4 Å². The van der Waals surface area contributed by atoms with Crippen LogP contribution in [0.5, 0.6) is 0 Å². The van der Waals surface area contributed by atoms with Gasteiger partial charge in [0.05, 0.1) is 80.9 Å². The molecule has 12 aromatic rings. The van der Waals surface area contributed by atoms with Gasteiger partial charge in [0.2, 0.25) is 0 Å². The first-order chi connectivity index (χ1) is 53.0. The van der Waals surface area contributed by atoms with Crippen LogP contribution < -0.4 is 0 Å². The lowest BCUT2D eigenvalue weighted by Gasteiger charge is -2.00. The van der Waals surface area contributed by atoms with Crippen molar-refractivity contribution in [2.75, 3.05) is 0 Å². The molecule has 556 valence electrons. The monoisotopic (exact) mass is 1440 g/mol. The molecule has 0 heterocycles. The Kier molecular flexibility index (Phi) is 59.8. The fourth-order valence-electron chi connectivity index (χ4n) is 8.69. The average Bonchev–Trinajstić information content (AvgIpc) is 0.842. The van der Waals surface area contributed by atoms with Crippen molar-refractivity contribution in [2.24, 2.45) is 0 Å². The van der Waals surface area contributed by atoms with Gasteiger partial charge in [-0.25, -0.2) is 0 Å². The van der Waals surface area contributed by atoms with Gasteiger partial charge < -0.3 is 0 Å². The lowest BCUT2D eigenvalue weighted by atomic mass is 10.0. The highest BCUT2D eigenvalue weighted by Crippen LogP contribution is 2.22. The van der Waals surface area contributed by atoms with Crippen LogP contribution in [-0.4, -0.2) is 0 Å². The molecule has 0 saturated heterocycles. The Hall–Kier alpha value is -13.4. The van der Waals surface area contributed by atoms with Crippen molar-refractivity contribution in [1.29, 1.82) is 42.1 Å². The first-order valence-corrected chi connectivity index (χ1v) is 37.0. The highest BCUT2D eigenvalue weighted by Gasteiger charge is 2.08. The molecule has 12 aromatic carbocycles. The summed E-state index contributed by atoms with van der Waals surface area (Å²) in [6.07, 6.45) is 0. The maximum Gasteiger partial charge on any atom is 0.101 e. The fourth-order valence-corrected chi connectivity index (χ4v) is 8.69. The molecule has 0 aliphatic heterocycles. The van der Waals surface area contributed by atoms with Gasteiger partial charge >= 0.3 is 0 Å². The molecule has 0 aromatic heterocycles. The van der Waals surface area contributed by atoms with Gasteiger partial charge in [0, 0.05) is 0 Å². The molecule has 109 heavy (non-hydrogen) atoms. The summed E-state index contributed by atoms with van der Waals surface area (Å²) in [5.41, 5.74) is 21.1. The van der Waals surface area contributed by atoms with E-state index in [1.165, 1.54) is 85.0 Å². The minimum atomic E-state index is 0.263. The molecule has 8 nitrogen and oxygen atoms in total. The largest absolute Gasteiger partial charge is 0.192 e. The van der Waals surface area contributed by atoms with Crippen LogP contribution in [0.4, 0.5) is 0 Å². The van der Waals surface area contributed by atoms with Gasteiger partial charge in [0.25, 0.3) is 0 Å². The summed E-state index contributed by atoms with van der Waals surface area (Å²) in [6.45, 7) is 41.8. The number of hydrogen-bond donors (Lipinski definition) is 0. The van der Waals surface area contributed by atoms with Crippen LogP contribution in [-0.2, 0) is 0 Å². The molecular weight excluding hydrogens is 1330 g/mol. The minimum Gasteiger partial charge on any atom is -0.192 e. The Morgan fingerprint density at radius 3 is 0.615 bits per heavy atom. The quantitative estimate of drug-likeness (QED) is 0.167. The zero-order valence-electron chi connectivity index (χ0n) is 68.4. The third-order valence-corrected chi connectivity index (χ3v) is 14.2. The number of nitrogens with zero attached hydrogens (tertiary/aromatic N) is 8. The summed E-state index contributed by atoms with van der Waals surface area (Å²) >= 11 is 0. The van der Waals surface area contributed by atoms with Crippen LogP contribution in [0.2, 0.25) is 0 Å². The molecule has 0 amide bonds. The van der Waals surface area contributed by atoms with Crippen LogP contribution in [0.3, 0.4) is 0 Å². The lowest BCUT2D eigenvalue weighted by molar-refractivity contribution is 1.33. The average molecular weight is 1440 g/mol. The predicted octanol–water partition coefficient (Wildman–Crippen LogP) is 28.1. The fraction of sp³-hybridized carbons (Fsp3) is 0.208. The topological polar surface area (TPSA) is 190 Å². The van der Waals surface area contributed by atoms with E-state index in [1.807, 2.05) is 211 Å². The van der Waals surface area contributed by atoms with E-state index in [0.717, 1.165) is 5.56 Å². The number of benzene rings is 12. The molecule has 0 atom stereocenters. The van der Waals surface area contributed by atoms with Gasteiger partial charge in [-0.1, -0.05) is 371 Å². The number of hydrogen-bond acceptors (Lipinski definition) is 8. The summed E-state index contributed by atoms with van der Waals surface area (Å²) in [5, 5.41) is 69.0. The molecule has 0 bridgehead atoms. The zero-order valence-corrected chi connectivity index (χ0v) is 68.4. The van der Waals surface area contributed by atoms with Crippen molar-refractivity contribution in [3.05, 3.63) is 392 Å². The third kappa shape index (κ3) is 42.8. The maximum absolute atomic E-state index is 8.71. The Labute approximate surface area is 657 Å². The normalized spacial score (nSPS) is 8.34. The van der Waals surface area contributed by atoms with E-state index in [0.29, 0.717) is 50.1 Å². The van der Waals surface area contributed by atoms with Crippen molar-refractivity contribution in [1.82, 2.24) is 0 Å². The van der Waals surface area contributed by atoms with Gasteiger partial charge in [-0.05, 0) is 155 Å². The predicted molar refractivity (Wildman–Crippen MR) is 463 cm³/mol. The summed E-state index contributed by atoms with van der Waals surface area (Å²) in [6, 6.07) is 114. The molecule has 0 saturated carbocycles. The van der Waals surface area contributed by atoms with E-state index in [4.69, 9.17) is 42.1 Å². The van der Waals surface area contributed by atoms with Gasteiger partial charge in [-0.3, -0.25) is 0 Å². The second-order valence-electron chi connectivity index (χ2n) is 22.0. The standard InChI is InChI=1S/3C13H12.2C10H5N3.C9H6N2.3C7H8.6C2H6/c3*1-11-7-9-13(10-8-11)12-5-3-2-4-6-12;1-7-9(5-12)2-8(4-11)3-10(7)6-13;1-7-2-8(4-11)3-9(5-12)10(7)6-13;1-7-4-8(5-10)2-3-9(7)6-11;3*1-7-5-3-2-4-6-7;6*1-2/h3*2-10H,1H3;2*2-3H,1H3;2-4H,1H3;3*2-6H,1H3;6*1-2H3. The Bertz CT molecular complexity index is 4370.